The van der Waals surface area contributed by atoms with Crippen LogP contribution in [-0.2, 0) is 0 Å². The third-order valence-corrected chi connectivity index (χ3v) is 3.49. The Hall–Kier alpha value is -0.120. The Kier molecular flexibility index (Phi) is 5.22. The van der Waals surface area contributed by atoms with Crippen LogP contribution in [0.4, 0.5) is 0 Å². The average molecular weight is 228 g/mol. The van der Waals surface area contributed by atoms with Crippen LogP contribution in [0.2, 0.25) is 0 Å². The zero-order valence-electron chi connectivity index (χ0n) is 11.0. The minimum absolute atomic E-state index is 0.310. The summed E-state index contributed by atoms with van der Waals surface area (Å²) in [5.41, 5.74) is 6.13. The van der Waals surface area contributed by atoms with Crippen LogP contribution < -0.4 is 11.1 Å². The van der Waals surface area contributed by atoms with E-state index in [1.807, 2.05) is 0 Å². The summed E-state index contributed by atoms with van der Waals surface area (Å²) >= 11 is 0. The van der Waals surface area contributed by atoms with Crippen molar-refractivity contribution in [3.05, 3.63) is 0 Å². The summed E-state index contributed by atoms with van der Waals surface area (Å²) in [6, 6.07) is 0.859. The molecule has 0 radical (unpaired) electrons. The fraction of sp³-hybridized carbons (Fsp3) is 1.00. The highest BCUT2D eigenvalue weighted by atomic mass is 16.3. The maximum Gasteiger partial charge on any atom is 0.0474 e. The second-order valence-corrected chi connectivity index (χ2v) is 6.34. The van der Waals surface area contributed by atoms with Crippen molar-refractivity contribution in [2.75, 3.05) is 13.2 Å². The van der Waals surface area contributed by atoms with Crippen LogP contribution in [0.5, 0.6) is 0 Å². The van der Waals surface area contributed by atoms with Crippen LogP contribution in [0.15, 0.2) is 0 Å². The van der Waals surface area contributed by atoms with Gasteiger partial charge in [-0.3, -0.25) is 0 Å². The second kappa shape index (κ2) is 5.99. The Morgan fingerprint density at radius 3 is 2.56 bits per heavy atom. The molecule has 0 spiro atoms. The molecular formula is C13H28N2O. The van der Waals surface area contributed by atoms with Gasteiger partial charge in [0.2, 0.25) is 0 Å². The maximum absolute atomic E-state index is 9.28. The monoisotopic (exact) mass is 228 g/mol. The molecule has 3 heteroatoms. The molecule has 0 amide bonds. The first-order valence-electron chi connectivity index (χ1n) is 6.53. The molecule has 0 aromatic carbocycles. The Morgan fingerprint density at radius 2 is 2.06 bits per heavy atom. The van der Waals surface area contributed by atoms with Crippen molar-refractivity contribution in [1.82, 2.24) is 5.32 Å². The van der Waals surface area contributed by atoms with Crippen LogP contribution in [0.1, 0.15) is 46.5 Å². The third kappa shape index (κ3) is 4.40. The van der Waals surface area contributed by atoms with Gasteiger partial charge in [-0.1, -0.05) is 27.2 Å². The molecule has 0 aliphatic heterocycles. The molecule has 0 bridgehead atoms. The Morgan fingerprint density at radius 1 is 1.38 bits per heavy atom. The van der Waals surface area contributed by atoms with Gasteiger partial charge in [-0.05, 0) is 30.6 Å². The SMILES string of the molecule is CC(C)(C)CC(CN)NC1CCCC1CO. The zero-order chi connectivity index (χ0) is 12.2. The van der Waals surface area contributed by atoms with E-state index in [4.69, 9.17) is 5.73 Å². The molecule has 1 aliphatic carbocycles. The standard InChI is InChI=1S/C13H28N2O/c1-13(2,3)7-11(8-14)15-12-6-4-5-10(12)9-16/h10-12,15-16H,4-9,14H2,1-3H3. The Labute approximate surface area is 99.8 Å². The smallest absolute Gasteiger partial charge is 0.0474 e. The number of hydrogen-bond acceptors (Lipinski definition) is 3. The van der Waals surface area contributed by atoms with Gasteiger partial charge in [-0.25, -0.2) is 0 Å². The van der Waals surface area contributed by atoms with Gasteiger partial charge in [0.05, 0.1) is 0 Å². The molecule has 1 saturated carbocycles. The van der Waals surface area contributed by atoms with Crippen molar-refractivity contribution in [3.8, 4) is 0 Å². The summed E-state index contributed by atoms with van der Waals surface area (Å²) in [5, 5.41) is 12.9. The molecule has 3 unspecified atom stereocenters. The van der Waals surface area contributed by atoms with E-state index in [9.17, 15) is 5.11 Å². The van der Waals surface area contributed by atoms with Gasteiger partial charge in [-0.15, -0.1) is 0 Å². The highest BCUT2D eigenvalue weighted by molar-refractivity contribution is 4.87. The quantitative estimate of drug-likeness (QED) is 0.668. The van der Waals surface area contributed by atoms with E-state index in [-0.39, 0.29) is 0 Å². The number of aliphatic hydroxyl groups excluding tert-OH is 1. The van der Waals surface area contributed by atoms with Crippen LogP contribution in [0.3, 0.4) is 0 Å². The van der Waals surface area contributed by atoms with Crippen LogP contribution in [-0.4, -0.2) is 30.3 Å². The van der Waals surface area contributed by atoms with Crippen molar-refractivity contribution in [2.45, 2.75) is 58.5 Å². The summed E-state index contributed by atoms with van der Waals surface area (Å²) in [4.78, 5) is 0. The first-order valence-corrected chi connectivity index (χ1v) is 6.53. The molecule has 3 atom stereocenters. The summed E-state index contributed by atoms with van der Waals surface area (Å²) in [7, 11) is 0. The van der Waals surface area contributed by atoms with E-state index in [1.165, 1.54) is 12.8 Å². The van der Waals surface area contributed by atoms with Gasteiger partial charge in [0.15, 0.2) is 0 Å². The molecule has 0 aromatic rings. The Bertz CT molecular complexity index is 201. The highest BCUT2D eigenvalue weighted by Crippen LogP contribution is 2.27. The minimum atomic E-state index is 0.310. The number of nitrogens with one attached hydrogen (secondary N) is 1. The molecule has 4 N–H and O–H groups in total. The maximum atomic E-state index is 9.28. The first-order chi connectivity index (χ1) is 7.46. The molecule has 0 heterocycles. The highest BCUT2D eigenvalue weighted by Gasteiger charge is 2.29. The third-order valence-electron chi connectivity index (χ3n) is 3.49. The van der Waals surface area contributed by atoms with E-state index >= 15 is 0 Å². The van der Waals surface area contributed by atoms with Crippen LogP contribution in [0, 0.1) is 11.3 Å². The van der Waals surface area contributed by atoms with E-state index in [2.05, 4.69) is 26.1 Å². The Balaban J connectivity index is 2.43. The summed E-state index contributed by atoms with van der Waals surface area (Å²) in [6.07, 6.45) is 4.67. The predicted molar refractivity (Wildman–Crippen MR) is 68.3 cm³/mol. The van der Waals surface area contributed by atoms with Gasteiger partial charge in [0, 0.05) is 25.2 Å². The number of nitrogens with two attached hydrogens (primary N) is 1. The number of rotatable bonds is 5. The molecular weight excluding hydrogens is 200 g/mol. The minimum Gasteiger partial charge on any atom is -0.396 e. The van der Waals surface area contributed by atoms with Crippen molar-refractivity contribution in [2.24, 2.45) is 17.1 Å². The second-order valence-electron chi connectivity index (χ2n) is 6.34. The topological polar surface area (TPSA) is 58.3 Å². The van der Waals surface area contributed by atoms with Gasteiger partial charge < -0.3 is 16.2 Å². The molecule has 0 saturated heterocycles. The largest absolute Gasteiger partial charge is 0.396 e. The number of hydrogen-bond donors (Lipinski definition) is 3. The van der Waals surface area contributed by atoms with E-state index in [0.29, 0.717) is 36.6 Å². The lowest BCUT2D eigenvalue weighted by atomic mass is 9.87. The summed E-state index contributed by atoms with van der Waals surface area (Å²) in [5.74, 6) is 0.439. The van der Waals surface area contributed by atoms with Crippen molar-refractivity contribution >= 4 is 0 Å². The van der Waals surface area contributed by atoms with E-state index in [1.54, 1.807) is 0 Å². The zero-order valence-corrected chi connectivity index (χ0v) is 11.0. The molecule has 3 nitrogen and oxygen atoms in total. The van der Waals surface area contributed by atoms with Crippen LogP contribution in [0.25, 0.3) is 0 Å². The van der Waals surface area contributed by atoms with E-state index in [0.717, 1.165) is 12.8 Å². The number of aliphatic hydroxyl groups is 1. The molecule has 0 aromatic heterocycles. The average Bonchev–Trinajstić information content (AvgIpc) is 2.62. The van der Waals surface area contributed by atoms with Gasteiger partial charge >= 0.3 is 0 Å². The fourth-order valence-electron chi connectivity index (χ4n) is 2.73. The molecule has 16 heavy (non-hydrogen) atoms. The van der Waals surface area contributed by atoms with Crippen molar-refractivity contribution in [1.29, 1.82) is 0 Å². The molecule has 1 fully saturated rings. The lowest BCUT2D eigenvalue weighted by Gasteiger charge is -2.30. The van der Waals surface area contributed by atoms with Crippen molar-refractivity contribution in [3.63, 3.8) is 0 Å². The molecule has 1 aliphatic rings. The lowest BCUT2D eigenvalue weighted by molar-refractivity contribution is 0.191. The summed E-state index contributed by atoms with van der Waals surface area (Å²) < 4.78 is 0. The summed E-state index contributed by atoms with van der Waals surface area (Å²) in [6.45, 7) is 7.73. The van der Waals surface area contributed by atoms with Gasteiger partial charge in [0.1, 0.15) is 0 Å². The normalized spacial score (nSPS) is 28.3. The van der Waals surface area contributed by atoms with Gasteiger partial charge in [-0.2, -0.15) is 0 Å². The molecule has 96 valence electrons. The lowest BCUT2D eigenvalue weighted by Crippen LogP contribution is -2.46. The first kappa shape index (κ1) is 13.9. The fourth-order valence-corrected chi connectivity index (χ4v) is 2.73. The van der Waals surface area contributed by atoms with E-state index < -0.39 is 0 Å². The van der Waals surface area contributed by atoms with Crippen molar-refractivity contribution < 1.29 is 5.11 Å². The van der Waals surface area contributed by atoms with Crippen LogP contribution >= 0.6 is 0 Å². The predicted octanol–water partition coefficient (Wildman–Crippen LogP) is 1.50. The van der Waals surface area contributed by atoms with Gasteiger partial charge in [0.25, 0.3) is 0 Å². The molecule has 1 rings (SSSR count).